The van der Waals surface area contributed by atoms with Crippen molar-refractivity contribution in [3.05, 3.63) is 16.0 Å². The van der Waals surface area contributed by atoms with Gasteiger partial charge in [-0.2, -0.15) is 0 Å². The monoisotopic (exact) mass is 312 g/mol. The van der Waals surface area contributed by atoms with Crippen LogP contribution in [0.2, 0.25) is 0 Å². The van der Waals surface area contributed by atoms with Gasteiger partial charge in [0.15, 0.2) is 0 Å². The van der Waals surface area contributed by atoms with Crippen LogP contribution in [0.25, 0.3) is 0 Å². The molecule has 0 radical (unpaired) electrons. The lowest BCUT2D eigenvalue weighted by Crippen LogP contribution is -2.22. The Bertz CT molecular complexity index is 511. The number of rotatable bonds is 7. The Morgan fingerprint density at radius 3 is 2.62 bits per heavy atom. The first-order chi connectivity index (χ1) is 9.92. The third-order valence-electron chi connectivity index (χ3n) is 3.39. The minimum atomic E-state index is -0.385. The second kappa shape index (κ2) is 8.14. The van der Waals surface area contributed by atoms with E-state index in [4.69, 9.17) is 10.5 Å². The third kappa shape index (κ3) is 4.54. The quantitative estimate of drug-likeness (QED) is 0.759. The molecule has 0 saturated carbocycles. The Labute approximate surface area is 129 Å². The van der Waals surface area contributed by atoms with Crippen molar-refractivity contribution in [1.29, 1.82) is 0 Å². The first-order valence-electron chi connectivity index (χ1n) is 7.20. The Hall–Kier alpha value is -1.40. The number of nitrogens with two attached hydrogens (primary N) is 1. The molecule has 1 rings (SSSR count). The zero-order valence-corrected chi connectivity index (χ0v) is 13.9. The van der Waals surface area contributed by atoms with E-state index in [9.17, 15) is 9.59 Å². The van der Waals surface area contributed by atoms with Crippen molar-refractivity contribution in [2.45, 2.75) is 40.5 Å². The highest BCUT2D eigenvalue weighted by Gasteiger charge is 2.23. The highest BCUT2D eigenvalue weighted by Crippen LogP contribution is 2.33. The number of carbonyl (C=O) groups excluding carboxylic acids is 2. The van der Waals surface area contributed by atoms with Crippen molar-refractivity contribution in [2.75, 3.05) is 18.5 Å². The molecule has 21 heavy (non-hydrogen) atoms. The second-order valence-corrected chi connectivity index (χ2v) is 6.25. The van der Waals surface area contributed by atoms with Crippen molar-refractivity contribution in [3.63, 3.8) is 0 Å². The standard InChI is InChI=1S/C15H24N2O3S/c1-5-20-15(19)12-10(3)11(4)21-14(12)17-13(18)9(2)7-6-8-16/h9H,5-8,16H2,1-4H3,(H,17,18). The molecule has 1 aromatic heterocycles. The number of hydrogen-bond donors (Lipinski definition) is 2. The number of anilines is 1. The van der Waals surface area contributed by atoms with Gasteiger partial charge in [0.2, 0.25) is 5.91 Å². The van der Waals surface area contributed by atoms with Gasteiger partial charge in [0, 0.05) is 10.8 Å². The summed E-state index contributed by atoms with van der Waals surface area (Å²) < 4.78 is 5.07. The van der Waals surface area contributed by atoms with Crippen molar-refractivity contribution >= 4 is 28.2 Å². The van der Waals surface area contributed by atoms with Crippen LogP contribution in [0.15, 0.2) is 0 Å². The van der Waals surface area contributed by atoms with Gasteiger partial charge in [-0.1, -0.05) is 6.92 Å². The first kappa shape index (κ1) is 17.7. The number of aryl methyl sites for hydroxylation is 1. The predicted octanol–water partition coefficient (Wildman–Crippen LogP) is 2.86. The molecule has 118 valence electrons. The average molecular weight is 312 g/mol. The molecule has 0 aromatic carbocycles. The predicted molar refractivity (Wildman–Crippen MR) is 85.8 cm³/mol. The van der Waals surface area contributed by atoms with Crippen molar-refractivity contribution < 1.29 is 14.3 Å². The van der Waals surface area contributed by atoms with Crippen molar-refractivity contribution in [1.82, 2.24) is 0 Å². The van der Waals surface area contributed by atoms with Crippen LogP contribution in [-0.2, 0) is 9.53 Å². The average Bonchev–Trinajstić information content (AvgIpc) is 2.71. The van der Waals surface area contributed by atoms with E-state index >= 15 is 0 Å². The van der Waals surface area contributed by atoms with E-state index in [0.29, 0.717) is 23.7 Å². The molecular formula is C15H24N2O3S. The maximum Gasteiger partial charge on any atom is 0.341 e. The molecule has 1 amide bonds. The topological polar surface area (TPSA) is 81.4 Å². The maximum absolute atomic E-state index is 12.2. The fraction of sp³-hybridized carbons (Fsp3) is 0.600. The third-order valence-corrected chi connectivity index (χ3v) is 4.51. The van der Waals surface area contributed by atoms with Crippen LogP contribution in [0.1, 0.15) is 47.5 Å². The zero-order chi connectivity index (χ0) is 16.0. The molecule has 0 aliphatic rings. The molecule has 3 N–H and O–H groups in total. The number of amides is 1. The van der Waals surface area contributed by atoms with Gasteiger partial charge in [0.05, 0.1) is 12.2 Å². The summed E-state index contributed by atoms with van der Waals surface area (Å²) in [6.07, 6.45) is 1.54. The van der Waals surface area contributed by atoms with Crippen LogP contribution < -0.4 is 11.1 Å². The van der Waals surface area contributed by atoms with Crippen LogP contribution in [0.4, 0.5) is 5.00 Å². The molecule has 5 nitrogen and oxygen atoms in total. The summed E-state index contributed by atoms with van der Waals surface area (Å²) in [6, 6.07) is 0. The van der Waals surface area contributed by atoms with Gasteiger partial charge in [0.25, 0.3) is 0 Å². The maximum atomic E-state index is 12.2. The summed E-state index contributed by atoms with van der Waals surface area (Å²) in [5.41, 5.74) is 6.79. The molecule has 6 heteroatoms. The van der Waals surface area contributed by atoms with E-state index in [1.165, 1.54) is 11.3 Å². The Balaban J connectivity index is 2.90. The molecule has 1 unspecified atom stereocenters. The van der Waals surface area contributed by atoms with Gasteiger partial charge in [0.1, 0.15) is 5.00 Å². The summed E-state index contributed by atoms with van der Waals surface area (Å²) >= 11 is 1.41. The van der Waals surface area contributed by atoms with Crippen LogP contribution in [0.3, 0.4) is 0 Å². The van der Waals surface area contributed by atoms with Gasteiger partial charge in [-0.25, -0.2) is 4.79 Å². The number of nitrogens with one attached hydrogen (secondary N) is 1. The highest BCUT2D eigenvalue weighted by molar-refractivity contribution is 7.16. The zero-order valence-electron chi connectivity index (χ0n) is 13.1. The number of carbonyl (C=O) groups is 2. The molecular weight excluding hydrogens is 288 g/mol. The number of thiophene rings is 1. The highest BCUT2D eigenvalue weighted by atomic mass is 32.1. The van der Waals surface area contributed by atoms with Crippen LogP contribution in [-0.4, -0.2) is 25.0 Å². The summed E-state index contributed by atoms with van der Waals surface area (Å²) in [4.78, 5) is 25.2. The lowest BCUT2D eigenvalue weighted by molar-refractivity contribution is -0.119. The molecule has 0 fully saturated rings. The normalized spacial score (nSPS) is 12.0. The molecule has 0 aliphatic heterocycles. The van der Waals surface area contributed by atoms with E-state index in [1.54, 1.807) is 6.92 Å². The van der Waals surface area contributed by atoms with Crippen LogP contribution in [0.5, 0.6) is 0 Å². The van der Waals surface area contributed by atoms with Gasteiger partial charge in [-0.15, -0.1) is 11.3 Å². The SMILES string of the molecule is CCOC(=O)c1c(NC(=O)C(C)CCCN)sc(C)c1C. The summed E-state index contributed by atoms with van der Waals surface area (Å²) in [5.74, 6) is -0.606. The number of hydrogen-bond acceptors (Lipinski definition) is 5. The minimum Gasteiger partial charge on any atom is -0.462 e. The molecule has 1 atom stereocenters. The Kier molecular flexibility index (Phi) is 6.84. The van der Waals surface area contributed by atoms with Gasteiger partial charge >= 0.3 is 5.97 Å². The minimum absolute atomic E-state index is 0.0877. The number of ether oxygens (including phenoxy) is 1. The van der Waals surface area contributed by atoms with E-state index in [2.05, 4.69) is 5.32 Å². The fourth-order valence-corrected chi connectivity index (χ4v) is 3.01. The smallest absolute Gasteiger partial charge is 0.341 e. The van der Waals surface area contributed by atoms with E-state index in [-0.39, 0.29) is 17.8 Å². The Morgan fingerprint density at radius 2 is 2.05 bits per heavy atom. The van der Waals surface area contributed by atoms with Crippen LogP contribution >= 0.6 is 11.3 Å². The van der Waals surface area contributed by atoms with Crippen molar-refractivity contribution in [3.8, 4) is 0 Å². The van der Waals surface area contributed by atoms with E-state index < -0.39 is 0 Å². The lowest BCUT2D eigenvalue weighted by atomic mass is 10.0. The Morgan fingerprint density at radius 1 is 1.38 bits per heavy atom. The molecule has 1 heterocycles. The van der Waals surface area contributed by atoms with Gasteiger partial charge in [-0.3, -0.25) is 4.79 Å². The molecule has 0 saturated heterocycles. The molecule has 0 aliphatic carbocycles. The van der Waals surface area contributed by atoms with E-state index in [0.717, 1.165) is 23.3 Å². The summed E-state index contributed by atoms with van der Waals surface area (Å²) in [6.45, 7) is 8.31. The summed E-state index contributed by atoms with van der Waals surface area (Å²) in [5, 5.41) is 3.44. The largest absolute Gasteiger partial charge is 0.462 e. The van der Waals surface area contributed by atoms with Crippen molar-refractivity contribution in [2.24, 2.45) is 11.7 Å². The molecule has 0 spiro atoms. The second-order valence-electron chi connectivity index (χ2n) is 5.03. The lowest BCUT2D eigenvalue weighted by Gasteiger charge is -2.12. The first-order valence-corrected chi connectivity index (χ1v) is 8.02. The van der Waals surface area contributed by atoms with Gasteiger partial charge in [-0.05, 0) is 45.7 Å². The molecule has 0 bridgehead atoms. The van der Waals surface area contributed by atoms with Gasteiger partial charge < -0.3 is 15.8 Å². The molecule has 1 aromatic rings. The van der Waals surface area contributed by atoms with E-state index in [1.807, 2.05) is 20.8 Å². The van der Waals surface area contributed by atoms with Crippen LogP contribution in [0, 0.1) is 19.8 Å². The fourth-order valence-electron chi connectivity index (χ4n) is 1.95. The number of esters is 1. The summed E-state index contributed by atoms with van der Waals surface area (Å²) in [7, 11) is 0.